The number of carbonyl (C=O) groups excluding carboxylic acids is 2. The Morgan fingerprint density at radius 2 is 1.82 bits per heavy atom. The maximum atomic E-state index is 12.0. The van der Waals surface area contributed by atoms with Gasteiger partial charge in [0.05, 0.1) is 0 Å². The first-order valence-corrected chi connectivity index (χ1v) is 5.40. The van der Waals surface area contributed by atoms with Crippen LogP contribution in [0, 0.1) is 0 Å². The SMILES string of the molecule is CC(C)NC(=O)C1=C(O)c2ccccc2C1=O. The molecule has 0 unspecified atom stereocenters. The van der Waals surface area contributed by atoms with Gasteiger partial charge in [0, 0.05) is 17.2 Å². The van der Waals surface area contributed by atoms with E-state index in [2.05, 4.69) is 5.32 Å². The summed E-state index contributed by atoms with van der Waals surface area (Å²) in [6.45, 7) is 3.59. The lowest BCUT2D eigenvalue weighted by molar-refractivity contribution is -0.117. The summed E-state index contributed by atoms with van der Waals surface area (Å²) in [5.74, 6) is -1.18. The third-order valence-electron chi connectivity index (χ3n) is 2.54. The number of benzene rings is 1. The second-order valence-electron chi connectivity index (χ2n) is 4.23. The second-order valence-corrected chi connectivity index (χ2v) is 4.23. The van der Waals surface area contributed by atoms with Crippen molar-refractivity contribution in [3.05, 3.63) is 41.0 Å². The normalized spacial score (nSPS) is 14.2. The minimum atomic E-state index is -0.529. The van der Waals surface area contributed by atoms with E-state index in [0.29, 0.717) is 11.1 Å². The molecule has 1 aromatic carbocycles. The van der Waals surface area contributed by atoms with Gasteiger partial charge < -0.3 is 10.4 Å². The molecule has 2 N–H and O–H groups in total. The van der Waals surface area contributed by atoms with Crippen LogP contribution in [0.15, 0.2) is 29.8 Å². The number of aliphatic hydroxyl groups is 1. The summed E-state index contributed by atoms with van der Waals surface area (Å²) in [4.78, 5) is 23.7. The van der Waals surface area contributed by atoms with E-state index < -0.39 is 11.7 Å². The van der Waals surface area contributed by atoms with Crippen LogP contribution in [-0.2, 0) is 4.79 Å². The van der Waals surface area contributed by atoms with Crippen molar-refractivity contribution in [2.75, 3.05) is 0 Å². The predicted octanol–water partition coefficient (Wildman–Crippen LogP) is 1.68. The van der Waals surface area contributed by atoms with Crippen LogP contribution in [0.5, 0.6) is 0 Å². The molecule has 1 aliphatic carbocycles. The Kier molecular flexibility index (Phi) is 2.71. The Balaban J connectivity index is 2.42. The zero-order valence-corrected chi connectivity index (χ0v) is 9.65. The lowest BCUT2D eigenvalue weighted by Gasteiger charge is -2.08. The lowest BCUT2D eigenvalue weighted by atomic mass is 10.1. The molecule has 1 amide bonds. The summed E-state index contributed by atoms with van der Waals surface area (Å²) in [6.07, 6.45) is 0. The van der Waals surface area contributed by atoms with Crippen LogP contribution in [0.25, 0.3) is 5.76 Å². The number of hydrogen-bond donors (Lipinski definition) is 2. The fourth-order valence-electron chi connectivity index (χ4n) is 1.81. The van der Waals surface area contributed by atoms with Gasteiger partial charge in [0.15, 0.2) is 0 Å². The van der Waals surface area contributed by atoms with Crippen molar-refractivity contribution in [1.29, 1.82) is 0 Å². The van der Waals surface area contributed by atoms with Crippen molar-refractivity contribution in [1.82, 2.24) is 5.32 Å². The zero-order chi connectivity index (χ0) is 12.6. The molecule has 4 nitrogen and oxygen atoms in total. The third kappa shape index (κ3) is 1.82. The largest absolute Gasteiger partial charge is 0.506 e. The predicted molar refractivity (Wildman–Crippen MR) is 63.6 cm³/mol. The van der Waals surface area contributed by atoms with Gasteiger partial charge >= 0.3 is 0 Å². The molecule has 4 heteroatoms. The molecule has 0 saturated carbocycles. The first-order chi connectivity index (χ1) is 8.02. The molecule has 1 aliphatic rings. The number of rotatable bonds is 2. The van der Waals surface area contributed by atoms with Gasteiger partial charge in [-0.25, -0.2) is 0 Å². The fraction of sp³-hybridized carbons (Fsp3) is 0.231. The molecule has 0 saturated heterocycles. The standard InChI is InChI=1S/C13H13NO3/c1-7(2)14-13(17)10-11(15)8-5-3-4-6-9(8)12(10)16/h3-7,15H,1-2H3,(H,14,17). The topological polar surface area (TPSA) is 66.4 Å². The van der Waals surface area contributed by atoms with Gasteiger partial charge in [0.2, 0.25) is 5.78 Å². The van der Waals surface area contributed by atoms with Gasteiger partial charge in [-0.1, -0.05) is 24.3 Å². The minimum Gasteiger partial charge on any atom is -0.506 e. The van der Waals surface area contributed by atoms with Crippen LogP contribution in [0.4, 0.5) is 0 Å². The van der Waals surface area contributed by atoms with Crippen molar-refractivity contribution in [2.45, 2.75) is 19.9 Å². The Hall–Kier alpha value is -2.10. The van der Waals surface area contributed by atoms with Crippen molar-refractivity contribution in [3.8, 4) is 0 Å². The first-order valence-electron chi connectivity index (χ1n) is 5.40. The first kappa shape index (κ1) is 11.4. The molecular weight excluding hydrogens is 218 g/mol. The number of carbonyl (C=O) groups is 2. The van der Waals surface area contributed by atoms with E-state index in [-0.39, 0.29) is 17.4 Å². The van der Waals surface area contributed by atoms with E-state index in [0.717, 1.165) is 0 Å². The molecule has 88 valence electrons. The van der Waals surface area contributed by atoms with E-state index in [1.54, 1.807) is 38.1 Å². The molecule has 17 heavy (non-hydrogen) atoms. The number of nitrogens with one attached hydrogen (secondary N) is 1. The molecule has 2 rings (SSSR count). The van der Waals surface area contributed by atoms with E-state index >= 15 is 0 Å². The Labute approximate surface area is 99.0 Å². The van der Waals surface area contributed by atoms with Crippen LogP contribution in [0.3, 0.4) is 0 Å². The lowest BCUT2D eigenvalue weighted by Crippen LogP contribution is -2.33. The van der Waals surface area contributed by atoms with Crippen LogP contribution >= 0.6 is 0 Å². The zero-order valence-electron chi connectivity index (χ0n) is 9.65. The van der Waals surface area contributed by atoms with Gasteiger partial charge in [-0.05, 0) is 13.8 Å². The molecule has 0 radical (unpaired) electrons. The molecule has 0 aliphatic heterocycles. The highest BCUT2D eigenvalue weighted by Crippen LogP contribution is 2.30. The Bertz CT molecular complexity index is 529. The van der Waals surface area contributed by atoms with Gasteiger partial charge in [0.1, 0.15) is 11.3 Å². The molecule has 1 aromatic rings. The van der Waals surface area contributed by atoms with Gasteiger partial charge in [0.25, 0.3) is 5.91 Å². The number of aliphatic hydroxyl groups excluding tert-OH is 1. The number of hydrogen-bond acceptors (Lipinski definition) is 3. The monoisotopic (exact) mass is 231 g/mol. The number of fused-ring (bicyclic) bond motifs is 1. The second kappa shape index (κ2) is 4.05. The summed E-state index contributed by atoms with van der Waals surface area (Å²) in [5, 5.41) is 12.5. The third-order valence-corrected chi connectivity index (χ3v) is 2.54. The highest BCUT2D eigenvalue weighted by Gasteiger charge is 2.33. The highest BCUT2D eigenvalue weighted by atomic mass is 16.3. The average Bonchev–Trinajstić information content (AvgIpc) is 2.51. The maximum Gasteiger partial charge on any atom is 0.259 e. The van der Waals surface area contributed by atoms with Gasteiger partial charge in [-0.15, -0.1) is 0 Å². The number of ketones is 1. The summed E-state index contributed by atoms with van der Waals surface area (Å²) in [6, 6.07) is 6.56. The van der Waals surface area contributed by atoms with Crippen LogP contribution in [0.2, 0.25) is 0 Å². The van der Waals surface area contributed by atoms with E-state index in [1.807, 2.05) is 0 Å². The summed E-state index contributed by atoms with van der Waals surface area (Å²) >= 11 is 0. The van der Waals surface area contributed by atoms with Crippen molar-refractivity contribution in [2.24, 2.45) is 0 Å². The number of amides is 1. The molecule has 0 fully saturated rings. The smallest absolute Gasteiger partial charge is 0.259 e. The average molecular weight is 231 g/mol. The van der Waals surface area contributed by atoms with Crippen molar-refractivity contribution >= 4 is 17.4 Å². The molecule has 0 aromatic heterocycles. The summed E-state index contributed by atoms with van der Waals surface area (Å²) in [5.41, 5.74) is 0.630. The fourth-order valence-corrected chi connectivity index (χ4v) is 1.81. The van der Waals surface area contributed by atoms with Crippen LogP contribution < -0.4 is 5.32 Å². The quantitative estimate of drug-likeness (QED) is 0.761. The van der Waals surface area contributed by atoms with Crippen LogP contribution in [0.1, 0.15) is 29.8 Å². The van der Waals surface area contributed by atoms with Crippen molar-refractivity contribution in [3.63, 3.8) is 0 Å². The summed E-state index contributed by atoms with van der Waals surface area (Å²) < 4.78 is 0. The summed E-state index contributed by atoms with van der Waals surface area (Å²) in [7, 11) is 0. The Morgan fingerprint density at radius 1 is 1.24 bits per heavy atom. The molecule has 0 atom stereocenters. The minimum absolute atomic E-state index is 0.0840. The molecule has 0 heterocycles. The van der Waals surface area contributed by atoms with E-state index in [9.17, 15) is 14.7 Å². The van der Waals surface area contributed by atoms with Gasteiger partial charge in [-0.3, -0.25) is 9.59 Å². The van der Waals surface area contributed by atoms with Crippen molar-refractivity contribution < 1.29 is 14.7 Å². The van der Waals surface area contributed by atoms with Crippen LogP contribution in [-0.4, -0.2) is 22.8 Å². The molecule has 0 bridgehead atoms. The van der Waals surface area contributed by atoms with E-state index in [1.165, 1.54) is 0 Å². The maximum absolute atomic E-state index is 12.0. The number of Topliss-reactive ketones (excluding diaryl/α,β-unsaturated/α-hetero) is 1. The molecule has 0 spiro atoms. The van der Waals surface area contributed by atoms with Gasteiger partial charge in [-0.2, -0.15) is 0 Å². The molecular formula is C13H13NO3. The Morgan fingerprint density at radius 3 is 2.35 bits per heavy atom. The highest BCUT2D eigenvalue weighted by molar-refractivity contribution is 6.33. The van der Waals surface area contributed by atoms with E-state index in [4.69, 9.17) is 0 Å².